The van der Waals surface area contributed by atoms with Gasteiger partial charge in [-0.15, -0.1) is 0 Å². The summed E-state index contributed by atoms with van der Waals surface area (Å²) in [5.41, 5.74) is 0.843. The smallest absolute Gasteiger partial charge is 0.261 e. The largest absolute Gasteiger partial charge is 0.481 e. The third kappa shape index (κ3) is 5.97. The van der Waals surface area contributed by atoms with Crippen LogP contribution >= 0.6 is 11.6 Å². The average Bonchev–Trinajstić information content (AvgIpc) is 2.63. The van der Waals surface area contributed by atoms with Crippen molar-refractivity contribution < 1.29 is 17.9 Å². The molecule has 0 radical (unpaired) electrons. The highest BCUT2D eigenvalue weighted by Crippen LogP contribution is 2.22. The summed E-state index contributed by atoms with van der Waals surface area (Å²) in [6, 6.07) is 13.2. The second kappa shape index (κ2) is 9.24. The lowest BCUT2D eigenvalue weighted by Crippen LogP contribution is -2.39. The lowest BCUT2D eigenvalue weighted by molar-refractivity contribution is -0.128. The molecule has 5 nitrogen and oxygen atoms in total. The van der Waals surface area contributed by atoms with E-state index in [1.165, 1.54) is 6.26 Å². The van der Waals surface area contributed by atoms with Crippen molar-refractivity contribution in [3.63, 3.8) is 0 Å². The van der Waals surface area contributed by atoms with Gasteiger partial charge in [0.1, 0.15) is 5.75 Å². The normalized spacial score (nSPS) is 13.6. The number of hydrogen-bond donors (Lipinski definition) is 1. The van der Waals surface area contributed by atoms with E-state index in [1.54, 1.807) is 48.5 Å². The molecule has 0 aliphatic rings. The van der Waals surface area contributed by atoms with Crippen molar-refractivity contribution in [3.8, 4) is 5.75 Å². The van der Waals surface area contributed by atoms with Gasteiger partial charge < -0.3 is 10.1 Å². The number of sulfone groups is 1. The van der Waals surface area contributed by atoms with Crippen LogP contribution in [0.4, 0.5) is 0 Å². The van der Waals surface area contributed by atoms with E-state index in [-0.39, 0.29) is 16.8 Å². The molecule has 1 amide bonds. The van der Waals surface area contributed by atoms with Gasteiger partial charge in [-0.25, -0.2) is 8.42 Å². The minimum atomic E-state index is -3.25. The minimum Gasteiger partial charge on any atom is -0.481 e. The minimum absolute atomic E-state index is 0.225. The molecule has 0 saturated heterocycles. The van der Waals surface area contributed by atoms with Crippen LogP contribution in [0.1, 0.15) is 38.3 Å². The second-order valence-corrected chi connectivity index (χ2v) is 8.73. The van der Waals surface area contributed by atoms with E-state index >= 15 is 0 Å². The Morgan fingerprint density at radius 1 is 1.11 bits per heavy atom. The van der Waals surface area contributed by atoms with Crippen molar-refractivity contribution in [2.24, 2.45) is 0 Å². The monoisotopic (exact) mass is 409 g/mol. The molecule has 0 fully saturated rings. The summed E-state index contributed by atoms with van der Waals surface area (Å²) in [6.45, 7) is 3.82. The van der Waals surface area contributed by atoms with Crippen LogP contribution in [-0.4, -0.2) is 26.7 Å². The number of halogens is 1. The van der Waals surface area contributed by atoms with Crippen molar-refractivity contribution >= 4 is 27.3 Å². The fraction of sp³-hybridized carbons (Fsp3) is 0.350. The van der Waals surface area contributed by atoms with E-state index in [0.717, 1.165) is 5.56 Å². The molecule has 0 bridgehead atoms. The third-order valence-electron chi connectivity index (χ3n) is 4.17. The topological polar surface area (TPSA) is 72.5 Å². The zero-order chi connectivity index (χ0) is 20.0. The first-order valence-electron chi connectivity index (χ1n) is 8.77. The molecule has 2 rings (SSSR count). The molecule has 27 heavy (non-hydrogen) atoms. The number of carbonyl (C=O) groups is 1. The molecule has 2 aromatic carbocycles. The predicted octanol–water partition coefficient (Wildman–Crippen LogP) is 4.17. The van der Waals surface area contributed by atoms with Gasteiger partial charge in [0.05, 0.1) is 10.9 Å². The molecule has 7 heteroatoms. The fourth-order valence-electron chi connectivity index (χ4n) is 2.66. The molecule has 1 N–H and O–H groups in total. The van der Waals surface area contributed by atoms with Crippen LogP contribution in [0.5, 0.6) is 5.75 Å². The zero-order valence-electron chi connectivity index (χ0n) is 15.6. The number of benzene rings is 2. The van der Waals surface area contributed by atoms with Gasteiger partial charge in [0.25, 0.3) is 5.91 Å². The van der Waals surface area contributed by atoms with Gasteiger partial charge in [-0.05, 0) is 48.7 Å². The molecule has 0 spiro atoms. The zero-order valence-corrected chi connectivity index (χ0v) is 17.2. The van der Waals surface area contributed by atoms with Crippen LogP contribution < -0.4 is 10.1 Å². The summed E-state index contributed by atoms with van der Waals surface area (Å²) in [4.78, 5) is 12.9. The predicted molar refractivity (Wildman–Crippen MR) is 107 cm³/mol. The van der Waals surface area contributed by atoms with Crippen molar-refractivity contribution in [1.82, 2.24) is 5.32 Å². The molecule has 146 valence electrons. The standard InChI is InChI=1S/C20H24ClNO4S/c1-4-18(14-9-11-17(12-10-14)27(3,24)25)22-20(23)19(5-2)26-16-8-6-7-15(21)13-16/h6-13,18-19H,4-5H2,1-3H3,(H,22,23)/t18-,19-/m1/s1. The molecule has 0 aliphatic heterocycles. The maximum atomic E-state index is 12.7. The van der Waals surface area contributed by atoms with E-state index in [9.17, 15) is 13.2 Å². The van der Waals surface area contributed by atoms with Crippen LogP contribution in [0, 0.1) is 0 Å². The summed E-state index contributed by atoms with van der Waals surface area (Å²) in [5.74, 6) is 0.312. The van der Waals surface area contributed by atoms with Crippen LogP contribution in [0.2, 0.25) is 5.02 Å². The highest BCUT2D eigenvalue weighted by atomic mass is 35.5. The lowest BCUT2D eigenvalue weighted by atomic mass is 10.0. The van der Waals surface area contributed by atoms with E-state index in [2.05, 4.69) is 5.32 Å². The van der Waals surface area contributed by atoms with E-state index in [1.807, 2.05) is 13.8 Å². The number of amides is 1. The first kappa shape index (κ1) is 21.3. The van der Waals surface area contributed by atoms with Gasteiger partial charge in [-0.2, -0.15) is 0 Å². The molecule has 0 saturated carbocycles. The van der Waals surface area contributed by atoms with E-state index < -0.39 is 15.9 Å². The Bertz CT molecular complexity index is 881. The molecular weight excluding hydrogens is 386 g/mol. The lowest BCUT2D eigenvalue weighted by Gasteiger charge is -2.22. The summed E-state index contributed by atoms with van der Waals surface area (Å²) < 4.78 is 29.0. The van der Waals surface area contributed by atoms with Crippen molar-refractivity contribution in [1.29, 1.82) is 0 Å². The Hall–Kier alpha value is -2.05. The Morgan fingerprint density at radius 2 is 1.78 bits per heavy atom. The molecule has 0 unspecified atom stereocenters. The summed E-state index contributed by atoms with van der Waals surface area (Å²) in [5, 5.41) is 3.52. The Labute approximate surface area is 165 Å². The molecule has 2 aromatic rings. The summed E-state index contributed by atoms with van der Waals surface area (Å²) in [6.07, 6.45) is 1.69. The SMILES string of the molecule is CC[C@@H](Oc1cccc(Cl)c1)C(=O)N[C@H](CC)c1ccc(S(C)(=O)=O)cc1. The number of hydrogen-bond acceptors (Lipinski definition) is 4. The maximum Gasteiger partial charge on any atom is 0.261 e. The number of nitrogens with one attached hydrogen (secondary N) is 1. The Morgan fingerprint density at radius 3 is 2.30 bits per heavy atom. The van der Waals surface area contributed by atoms with Crippen molar-refractivity contribution in [2.45, 2.75) is 43.7 Å². The molecule has 0 heterocycles. The molecular formula is C20H24ClNO4S. The third-order valence-corrected chi connectivity index (χ3v) is 5.54. The van der Waals surface area contributed by atoms with Gasteiger partial charge in [-0.1, -0.05) is 43.6 Å². The summed E-state index contributed by atoms with van der Waals surface area (Å²) >= 11 is 5.96. The number of carbonyl (C=O) groups excluding carboxylic acids is 1. The maximum absolute atomic E-state index is 12.7. The van der Waals surface area contributed by atoms with Crippen molar-refractivity contribution in [2.75, 3.05) is 6.26 Å². The molecule has 0 aromatic heterocycles. The molecule has 2 atom stereocenters. The van der Waals surface area contributed by atoms with E-state index in [4.69, 9.17) is 16.3 Å². The van der Waals surface area contributed by atoms with Crippen molar-refractivity contribution in [3.05, 3.63) is 59.1 Å². The van der Waals surface area contributed by atoms with Crippen LogP contribution in [0.15, 0.2) is 53.4 Å². The van der Waals surface area contributed by atoms with Gasteiger partial charge >= 0.3 is 0 Å². The van der Waals surface area contributed by atoms with Gasteiger partial charge in [0.2, 0.25) is 0 Å². The van der Waals surface area contributed by atoms with Gasteiger partial charge in [0, 0.05) is 11.3 Å². The van der Waals surface area contributed by atoms with Crippen LogP contribution in [0.3, 0.4) is 0 Å². The fourth-order valence-corrected chi connectivity index (χ4v) is 3.47. The first-order valence-corrected chi connectivity index (χ1v) is 11.0. The quantitative estimate of drug-likeness (QED) is 0.710. The van der Waals surface area contributed by atoms with E-state index in [0.29, 0.717) is 23.6 Å². The van der Waals surface area contributed by atoms with Crippen LogP contribution in [-0.2, 0) is 14.6 Å². The first-order chi connectivity index (χ1) is 12.7. The molecule has 0 aliphatic carbocycles. The second-order valence-electron chi connectivity index (χ2n) is 6.28. The summed E-state index contributed by atoms with van der Waals surface area (Å²) in [7, 11) is -3.25. The number of rotatable bonds is 8. The Kier molecular flexibility index (Phi) is 7.27. The number of ether oxygens (including phenoxy) is 1. The van der Waals surface area contributed by atoms with Gasteiger partial charge in [-0.3, -0.25) is 4.79 Å². The average molecular weight is 410 g/mol. The van der Waals surface area contributed by atoms with Crippen LogP contribution in [0.25, 0.3) is 0 Å². The highest BCUT2D eigenvalue weighted by molar-refractivity contribution is 7.90. The highest BCUT2D eigenvalue weighted by Gasteiger charge is 2.22. The van der Waals surface area contributed by atoms with Gasteiger partial charge in [0.15, 0.2) is 15.9 Å². The Balaban J connectivity index is 2.10.